The Bertz CT molecular complexity index is 619. The van der Waals surface area contributed by atoms with Gasteiger partial charge in [-0.2, -0.15) is 0 Å². The molecule has 2 rings (SSSR count). The summed E-state index contributed by atoms with van der Waals surface area (Å²) in [5, 5.41) is 10.5. The molecule has 1 N–H and O–H groups in total. The van der Waals surface area contributed by atoms with Gasteiger partial charge >= 0.3 is 0 Å². The number of halogens is 3. The Hall–Kier alpha value is -1.36. The number of nitrogens with one attached hydrogen (secondary N) is 1. The molecule has 1 heterocycles. The van der Waals surface area contributed by atoms with Crippen LogP contribution in [0.15, 0.2) is 30.3 Å². The largest absolute Gasteiger partial charge is 0.348 e. The Morgan fingerprint density at radius 2 is 1.95 bits per heavy atom. The number of nitrogens with zero attached hydrogens (tertiary/aromatic N) is 2. The topological polar surface area (TPSA) is 54.9 Å². The zero-order valence-electron chi connectivity index (χ0n) is 9.53. The van der Waals surface area contributed by atoms with Gasteiger partial charge in [-0.3, -0.25) is 4.79 Å². The summed E-state index contributed by atoms with van der Waals surface area (Å²) in [5.74, 6) is -0.373. The number of rotatable bonds is 3. The van der Waals surface area contributed by atoms with E-state index < -0.39 is 0 Å². The third kappa shape index (κ3) is 3.80. The third-order valence-electron chi connectivity index (χ3n) is 2.31. The summed E-state index contributed by atoms with van der Waals surface area (Å²) in [6, 6.07) is 8.55. The van der Waals surface area contributed by atoms with Crippen LogP contribution in [-0.2, 0) is 6.54 Å². The van der Waals surface area contributed by atoms with E-state index in [0.717, 1.165) is 5.56 Å². The van der Waals surface area contributed by atoms with Gasteiger partial charge in [0.25, 0.3) is 5.91 Å². The van der Waals surface area contributed by atoms with Gasteiger partial charge in [0.2, 0.25) is 0 Å². The van der Waals surface area contributed by atoms with Crippen LogP contribution in [0, 0.1) is 0 Å². The van der Waals surface area contributed by atoms with Crippen molar-refractivity contribution in [2.75, 3.05) is 0 Å². The maximum atomic E-state index is 11.9. The number of carbonyl (C=O) groups excluding carboxylic acids is 1. The number of hydrogen-bond acceptors (Lipinski definition) is 3. The van der Waals surface area contributed by atoms with Gasteiger partial charge in [-0.25, -0.2) is 0 Å². The molecular weight excluding hydrogens is 309 g/mol. The summed E-state index contributed by atoms with van der Waals surface area (Å²) in [4.78, 5) is 11.9. The SMILES string of the molecule is O=C(NCc1cccc(Cl)c1)c1cc(Cl)nnc1Cl. The van der Waals surface area contributed by atoms with Gasteiger partial charge in [0.1, 0.15) is 0 Å². The van der Waals surface area contributed by atoms with Gasteiger partial charge in [-0.1, -0.05) is 46.9 Å². The maximum absolute atomic E-state index is 11.9. The number of amides is 1. The number of hydrogen-bond donors (Lipinski definition) is 1. The minimum Gasteiger partial charge on any atom is -0.348 e. The second-order valence-corrected chi connectivity index (χ2v) is 4.87. The highest BCUT2D eigenvalue weighted by molar-refractivity contribution is 6.34. The van der Waals surface area contributed by atoms with Crippen molar-refractivity contribution in [2.24, 2.45) is 0 Å². The second-order valence-electron chi connectivity index (χ2n) is 3.68. The molecule has 1 aromatic carbocycles. The predicted octanol–water partition coefficient (Wildman–Crippen LogP) is 3.37. The first kappa shape index (κ1) is 14.1. The van der Waals surface area contributed by atoms with Crippen LogP contribution in [0.4, 0.5) is 0 Å². The van der Waals surface area contributed by atoms with E-state index in [1.54, 1.807) is 12.1 Å². The molecule has 0 bridgehead atoms. The Morgan fingerprint density at radius 3 is 2.68 bits per heavy atom. The van der Waals surface area contributed by atoms with E-state index in [1.165, 1.54) is 6.07 Å². The Morgan fingerprint density at radius 1 is 1.16 bits per heavy atom. The lowest BCUT2D eigenvalue weighted by molar-refractivity contribution is 0.0950. The fourth-order valence-electron chi connectivity index (χ4n) is 1.44. The van der Waals surface area contributed by atoms with Crippen LogP contribution in [0.3, 0.4) is 0 Å². The van der Waals surface area contributed by atoms with Gasteiger partial charge in [-0.05, 0) is 23.8 Å². The molecule has 0 aliphatic rings. The number of benzene rings is 1. The van der Waals surface area contributed by atoms with E-state index in [-0.39, 0.29) is 21.8 Å². The quantitative estimate of drug-likeness (QED) is 0.944. The van der Waals surface area contributed by atoms with Crippen molar-refractivity contribution in [1.29, 1.82) is 0 Å². The van der Waals surface area contributed by atoms with Crippen molar-refractivity contribution >= 4 is 40.7 Å². The van der Waals surface area contributed by atoms with Crippen LogP contribution in [0.25, 0.3) is 0 Å². The molecular formula is C12H8Cl3N3O. The summed E-state index contributed by atoms with van der Waals surface area (Å²) in [7, 11) is 0. The average Bonchev–Trinajstić information content (AvgIpc) is 2.39. The van der Waals surface area contributed by atoms with Crippen molar-refractivity contribution in [3.8, 4) is 0 Å². The molecule has 0 radical (unpaired) electrons. The van der Waals surface area contributed by atoms with Crippen molar-refractivity contribution in [3.63, 3.8) is 0 Å². The van der Waals surface area contributed by atoms with Gasteiger partial charge < -0.3 is 5.32 Å². The average molecular weight is 317 g/mol. The maximum Gasteiger partial charge on any atom is 0.254 e. The fraction of sp³-hybridized carbons (Fsp3) is 0.0833. The first-order valence-corrected chi connectivity index (χ1v) is 6.41. The number of carbonyl (C=O) groups is 1. The van der Waals surface area contributed by atoms with Gasteiger partial charge in [-0.15, -0.1) is 10.2 Å². The molecule has 0 spiro atoms. The van der Waals surface area contributed by atoms with E-state index in [2.05, 4.69) is 15.5 Å². The van der Waals surface area contributed by atoms with Crippen molar-refractivity contribution in [1.82, 2.24) is 15.5 Å². The van der Waals surface area contributed by atoms with E-state index in [4.69, 9.17) is 34.8 Å². The van der Waals surface area contributed by atoms with Crippen molar-refractivity contribution in [3.05, 3.63) is 56.8 Å². The molecule has 0 saturated heterocycles. The van der Waals surface area contributed by atoms with Crippen molar-refractivity contribution in [2.45, 2.75) is 6.54 Å². The van der Waals surface area contributed by atoms with Crippen LogP contribution in [0.2, 0.25) is 15.3 Å². The van der Waals surface area contributed by atoms with Crippen LogP contribution in [0.1, 0.15) is 15.9 Å². The molecule has 1 aromatic heterocycles. The second kappa shape index (κ2) is 6.19. The highest BCUT2D eigenvalue weighted by atomic mass is 35.5. The van der Waals surface area contributed by atoms with Gasteiger partial charge in [0.15, 0.2) is 10.3 Å². The van der Waals surface area contributed by atoms with E-state index in [1.807, 2.05) is 12.1 Å². The molecule has 2 aromatic rings. The predicted molar refractivity (Wildman–Crippen MR) is 74.7 cm³/mol. The van der Waals surface area contributed by atoms with E-state index in [9.17, 15) is 4.79 Å². The molecule has 0 aliphatic heterocycles. The standard InChI is InChI=1S/C12H8Cl3N3O/c13-8-3-1-2-7(4-8)6-16-12(19)9-5-10(14)17-18-11(9)15/h1-5H,6H2,(H,16,19). The molecule has 0 aliphatic carbocycles. The molecule has 0 saturated carbocycles. The minimum absolute atomic E-state index is 0.00740. The molecule has 19 heavy (non-hydrogen) atoms. The molecule has 98 valence electrons. The van der Waals surface area contributed by atoms with Crippen LogP contribution in [-0.4, -0.2) is 16.1 Å². The number of aromatic nitrogens is 2. The highest BCUT2D eigenvalue weighted by Crippen LogP contribution is 2.15. The normalized spacial score (nSPS) is 10.3. The summed E-state index contributed by atoms with van der Waals surface area (Å²) >= 11 is 17.3. The molecule has 4 nitrogen and oxygen atoms in total. The lowest BCUT2D eigenvalue weighted by Gasteiger charge is -2.06. The van der Waals surface area contributed by atoms with Gasteiger partial charge in [0, 0.05) is 11.6 Å². The lowest BCUT2D eigenvalue weighted by atomic mass is 10.2. The van der Waals surface area contributed by atoms with Crippen LogP contribution >= 0.6 is 34.8 Å². The Balaban J connectivity index is 2.07. The molecule has 0 fully saturated rings. The van der Waals surface area contributed by atoms with Crippen LogP contribution in [0.5, 0.6) is 0 Å². The third-order valence-corrected chi connectivity index (χ3v) is 3.00. The summed E-state index contributed by atoms with van der Waals surface area (Å²) in [6.07, 6.45) is 0. The smallest absolute Gasteiger partial charge is 0.254 e. The summed E-state index contributed by atoms with van der Waals surface area (Å²) < 4.78 is 0. The zero-order chi connectivity index (χ0) is 13.8. The molecule has 1 amide bonds. The Kier molecular flexibility index (Phi) is 4.58. The lowest BCUT2D eigenvalue weighted by Crippen LogP contribution is -2.23. The zero-order valence-corrected chi connectivity index (χ0v) is 11.8. The fourth-order valence-corrected chi connectivity index (χ4v) is 1.97. The summed E-state index contributed by atoms with van der Waals surface area (Å²) in [5.41, 5.74) is 1.06. The molecule has 7 heteroatoms. The van der Waals surface area contributed by atoms with E-state index >= 15 is 0 Å². The first-order chi connectivity index (χ1) is 9.06. The summed E-state index contributed by atoms with van der Waals surface area (Å²) in [6.45, 7) is 0.329. The minimum atomic E-state index is -0.373. The Labute approximate surface area is 124 Å². The monoisotopic (exact) mass is 315 g/mol. The highest BCUT2D eigenvalue weighted by Gasteiger charge is 2.12. The van der Waals surface area contributed by atoms with Crippen LogP contribution < -0.4 is 5.32 Å². The van der Waals surface area contributed by atoms with Gasteiger partial charge in [0.05, 0.1) is 5.56 Å². The molecule has 0 unspecified atom stereocenters. The first-order valence-electron chi connectivity index (χ1n) is 5.27. The van der Waals surface area contributed by atoms with Crippen molar-refractivity contribution < 1.29 is 4.79 Å². The van der Waals surface area contributed by atoms with E-state index in [0.29, 0.717) is 11.6 Å². The molecule has 0 atom stereocenters.